The minimum absolute atomic E-state index is 0.848. The molecule has 0 saturated heterocycles. The number of pyridine rings is 1. The maximum Gasteiger partial charge on any atom is 0.0813 e. The van der Waals surface area contributed by atoms with E-state index in [1.54, 1.807) is 12.4 Å². The van der Waals surface area contributed by atoms with Gasteiger partial charge in [-0.3, -0.25) is 9.98 Å². The molecule has 1 heterocycles. The van der Waals surface area contributed by atoms with Crippen molar-refractivity contribution in [2.24, 2.45) is 4.99 Å². The van der Waals surface area contributed by atoms with E-state index in [9.17, 15) is 0 Å². The summed E-state index contributed by atoms with van der Waals surface area (Å²) in [5, 5.41) is 0. The van der Waals surface area contributed by atoms with Gasteiger partial charge in [-0.2, -0.15) is 0 Å². The number of hydrogen-bond donors (Lipinski definition) is 0. The van der Waals surface area contributed by atoms with Crippen LogP contribution in [-0.2, 0) is 0 Å². The Bertz CT molecular complexity index is 619. The maximum atomic E-state index is 4.43. The van der Waals surface area contributed by atoms with E-state index in [0.29, 0.717) is 0 Å². The summed E-state index contributed by atoms with van der Waals surface area (Å²) in [6.07, 6.45) is 8.61. The first-order valence-corrected chi connectivity index (χ1v) is 6.92. The molecule has 100 valence electrons. The fourth-order valence-corrected chi connectivity index (χ4v) is 1.72. The number of nitrogens with zero attached hydrogens (tertiary/aromatic N) is 2. The van der Waals surface area contributed by atoms with Gasteiger partial charge < -0.3 is 0 Å². The summed E-state index contributed by atoms with van der Waals surface area (Å²) in [5.41, 5.74) is 2.91. The van der Waals surface area contributed by atoms with Gasteiger partial charge in [-0.05, 0) is 24.6 Å². The maximum absolute atomic E-state index is 4.43. The van der Waals surface area contributed by atoms with Crippen LogP contribution in [0.5, 0.6) is 0 Å². The number of aliphatic imine (C=N–C) groups is 1. The Kier molecular flexibility index (Phi) is 5.54. The standard InChI is InChI=1S/C18H18N2/c1-2-3-4-5-9-16-10-6-7-11-17(16)14-20-18-12-8-13-19-15-18/h6-8,10-15H,2-4H2,1H3. The van der Waals surface area contributed by atoms with E-state index < -0.39 is 0 Å². The highest BCUT2D eigenvalue weighted by Crippen LogP contribution is 2.10. The lowest BCUT2D eigenvalue weighted by Gasteiger charge is -1.97. The zero-order chi connectivity index (χ0) is 14.0. The lowest BCUT2D eigenvalue weighted by atomic mass is 10.1. The first-order chi connectivity index (χ1) is 9.90. The molecule has 2 aromatic rings. The van der Waals surface area contributed by atoms with E-state index in [0.717, 1.165) is 29.7 Å². The van der Waals surface area contributed by atoms with Crippen molar-refractivity contribution >= 4 is 11.9 Å². The first-order valence-electron chi connectivity index (χ1n) is 6.92. The second kappa shape index (κ2) is 7.91. The Morgan fingerprint density at radius 3 is 2.90 bits per heavy atom. The smallest absolute Gasteiger partial charge is 0.0813 e. The summed E-state index contributed by atoms with van der Waals surface area (Å²) in [4.78, 5) is 8.47. The molecular weight excluding hydrogens is 244 g/mol. The van der Waals surface area contributed by atoms with Crippen molar-refractivity contribution in [2.45, 2.75) is 26.2 Å². The van der Waals surface area contributed by atoms with Crippen molar-refractivity contribution in [2.75, 3.05) is 0 Å². The van der Waals surface area contributed by atoms with Gasteiger partial charge in [-0.25, -0.2) is 0 Å². The third kappa shape index (κ3) is 4.37. The number of unbranched alkanes of at least 4 members (excludes halogenated alkanes) is 2. The van der Waals surface area contributed by atoms with Gasteiger partial charge >= 0.3 is 0 Å². The predicted molar refractivity (Wildman–Crippen MR) is 84.3 cm³/mol. The second-order valence-electron chi connectivity index (χ2n) is 4.46. The monoisotopic (exact) mass is 262 g/mol. The first kappa shape index (κ1) is 14.0. The van der Waals surface area contributed by atoms with Gasteiger partial charge in [0, 0.05) is 30.0 Å². The molecule has 0 fully saturated rings. The normalized spacial score (nSPS) is 10.2. The van der Waals surface area contributed by atoms with Crippen LogP contribution in [0.4, 0.5) is 5.69 Å². The quantitative estimate of drug-likeness (QED) is 0.456. The van der Waals surface area contributed by atoms with Crippen molar-refractivity contribution in [1.29, 1.82) is 0 Å². The average molecular weight is 262 g/mol. The van der Waals surface area contributed by atoms with Gasteiger partial charge in [-0.15, -0.1) is 0 Å². The fourth-order valence-electron chi connectivity index (χ4n) is 1.72. The SMILES string of the molecule is CCCCC#Cc1ccccc1C=Nc1cccnc1. The molecule has 0 atom stereocenters. The molecule has 2 nitrogen and oxygen atoms in total. The van der Waals surface area contributed by atoms with Crippen LogP contribution < -0.4 is 0 Å². The van der Waals surface area contributed by atoms with Gasteiger partial charge in [0.2, 0.25) is 0 Å². The molecule has 1 aromatic carbocycles. The molecule has 0 aliphatic heterocycles. The Hall–Kier alpha value is -2.40. The van der Waals surface area contributed by atoms with Crippen LogP contribution in [-0.4, -0.2) is 11.2 Å². The van der Waals surface area contributed by atoms with Gasteiger partial charge in [0.25, 0.3) is 0 Å². The van der Waals surface area contributed by atoms with E-state index >= 15 is 0 Å². The Labute approximate surface area is 120 Å². The van der Waals surface area contributed by atoms with Crippen molar-refractivity contribution < 1.29 is 0 Å². The predicted octanol–water partition coefficient (Wildman–Crippen LogP) is 4.37. The van der Waals surface area contributed by atoms with Gasteiger partial charge in [0.05, 0.1) is 11.9 Å². The van der Waals surface area contributed by atoms with Crippen LogP contribution in [0.3, 0.4) is 0 Å². The fraction of sp³-hybridized carbons (Fsp3) is 0.222. The van der Waals surface area contributed by atoms with Crippen molar-refractivity contribution in [3.8, 4) is 11.8 Å². The summed E-state index contributed by atoms with van der Waals surface area (Å²) in [6.45, 7) is 2.18. The number of hydrogen-bond acceptors (Lipinski definition) is 2. The Morgan fingerprint density at radius 1 is 1.20 bits per heavy atom. The topological polar surface area (TPSA) is 25.2 Å². The van der Waals surface area contributed by atoms with E-state index in [1.165, 1.54) is 6.42 Å². The molecule has 0 bridgehead atoms. The van der Waals surface area contributed by atoms with Gasteiger partial charge in [-0.1, -0.05) is 43.4 Å². The van der Waals surface area contributed by atoms with E-state index in [1.807, 2.05) is 42.6 Å². The number of rotatable bonds is 4. The summed E-state index contributed by atoms with van der Waals surface area (Å²) < 4.78 is 0. The molecule has 0 saturated carbocycles. The van der Waals surface area contributed by atoms with Crippen LogP contribution in [0.2, 0.25) is 0 Å². The largest absolute Gasteiger partial charge is 0.262 e. The number of benzene rings is 1. The molecule has 1 aromatic heterocycles. The molecule has 0 N–H and O–H groups in total. The molecular formula is C18H18N2. The highest BCUT2D eigenvalue weighted by molar-refractivity contribution is 5.85. The number of aromatic nitrogens is 1. The lowest BCUT2D eigenvalue weighted by molar-refractivity contribution is 0.828. The van der Waals surface area contributed by atoms with Crippen molar-refractivity contribution in [3.63, 3.8) is 0 Å². The highest BCUT2D eigenvalue weighted by atomic mass is 14.8. The molecule has 0 aliphatic rings. The lowest BCUT2D eigenvalue weighted by Crippen LogP contribution is -1.87. The van der Waals surface area contributed by atoms with Crippen LogP contribution in [0, 0.1) is 11.8 Å². The minimum Gasteiger partial charge on any atom is -0.262 e. The minimum atomic E-state index is 0.848. The molecule has 20 heavy (non-hydrogen) atoms. The van der Waals surface area contributed by atoms with Crippen LogP contribution in [0.25, 0.3) is 0 Å². The molecule has 0 radical (unpaired) electrons. The Balaban J connectivity index is 2.15. The van der Waals surface area contributed by atoms with Crippen LogP contribution >= 0.6 is 0 Å². The third-order valence-electron chi connectivity index (χ3n) is 2.84. The van der Waals surface area contributed by atoms with Crippen LogP contribution in [0.15, 0.2) is 53.8 Å². The second-order valence-corrected chi connectivity index (χ2v) is 4.46. The summed E-state index contributed by atoms with van der Waals surface area (Å²) >= 11 is 0. The molecule has 2 heteroatoms. The summed E-state index contributed by atoms with van der Waals surface area (Å²) in [5.74, 6) is 6.44. The Morgan fingerprint density at radius 2 is 2.10 bits per heavy atom. The molecule has 0 spiro atoms. The molecule has 2 rings (SSSR count). The van der Waals surface area contributed by atoms with Gasteiger partial charge in [0.15, 0.2) is 0 Å². The van der Waals surface area contributed by atoms with E-state index in [4.69, 9.17) is 0 Å². The highest BCUT2D eigenvalue weighted by Gasteiger charge is 1.95. The van der Waals surface area contributed by atoms with E-state index in [-0.39, 0.29) is 0 Å². The van der Waals surface area contributed by atoms with Crippen LogP contribution in [0.1, 0.15) is 37.3 Å². The molecule has 0 amide bonds. The van der Waals surface area contributed by atoms with Gasteiger partial charge in [0.1, 0.15) is 0 Å². The average Bonchev–Trinajstić information content (AvgIpc) is 2.51. The zero-order valence-electron chi connectivity index (χ0n) is 11.7. The van der Waals surface area contributed by atoms with Crippen molar-refractivity contribution in [1.82, 2.24) is 4.98 Å². The van der Waals surface area contributed by atoms with E-state index in [2.05, 4.69) is 28.7 Å². The molecule has 0 aliphatic carbocycles. The molecule has 0 unspecified atom stereocenters. The zero-order valence-corrected chi connectivity index (χ0v) is 11.7. The summed E-state index contributed by atoms with van der Waals surface area (Å²) in [7, 11) is 0. The third-order valence-corrected chi connectivity index (χ3v) is 2.84. The summed E-state index contributed by atoms with van der Waals surface area (Å²) in [6, 6.07) is 11.9. The van der Waals surface area contributed by atoms with Crippen molar-refractivity contribution in [3.05, 3.63) is 59.9 Å².